The summed E-state index contributed by atoms with van der Waals surface area (Å²) in [5, 5.41) is 9.53. The van der Waals surface area contributed by atoms with Gasteiger partial charge in [-0.2, -0.15) is 0 Å². The third kappa shape index (κ3) is 139. The van der Waals surface area contributed by atoms with Gasteiger partial charge in [-0.15, -0.1) is 6.10 Å². The molecule has 0 fully saturated rings. The fraction of sp³-hybridized carbons (Fsp3) is 1.00. The molecule has 52 valence electrons. The van der Waals surface area contributed by atoms with Gasteiger partial charge in [0.25, 0.3) is 0 Å². The second kappa shape index (κ2) is 8.52. The molecule has 0 saturated carbocycles. The van der Waals surface area contributed by atoms with Gasteiger partial charge in [0.05, 0.1) is 0 Å². The van der Waals surface area contributed by atoms with Crippen LogP contribution in [0.2, 0.25) is 0 Å². The van der Waals surface area contributed by atoms with Crippen molar-refractivity contribution in [3.63, 3.8) is 0 Å². The molecule has 8 heavy (non-hydrogen) atoms. The maximum atomic E-state index is 9.53. The van der Waals surface area contributed by atoms with Crippen molar-refractivity contribution in [2.75, 3.05) is 0 Å². The summed E-state index contributed by atoms with van der Waals surface area (Å²) < 4.78 is 0. The minimum atomic E-state index is -1.94. The summed E-state index contributed by atoms with van der Waals surface area (Å²) in [6, 6.07) is 0. The third-order valence-corrected chi connectivity index (χ3v) is 0. The summed E-state index contributed by atoms with van der Waals surface area (Å²) >= 11 is -1.94. The van der Waals surface area contributed by atoms with Crippen LogP contribution in [-0.4, -0.2) is 6.10 Å². The first-order valence-corrected chi connectivity index (χ1v) is 9.61. The molecule has 0 N–H and O–H groups in total. The molecular weight excluding hydrogens is 254 g/mol. The van der Waals surface area contributed by atoms with E-state index in [9.17, 15) is 5.11 Å². The first-order chi connectivity index (χ1) is 3.46. The van der Waals surface area contributed by atoms with Gasteiger partial charge in [-0.25, -0.2) is 0 Å². The monoisotopic (exact) mass is 262 g/mol. The molecule has 0 aliphatic rings. The van der Waals surface area contributed by atoms with Crippen molar-refractivity contribution in [2.45, 2.75) is 20.0 Å². The zero-order chi connectivity index (χ0) is 7.15. The normalized spacial score (nSPS) is 9.00. The molecule has 5 heteroatoms. The molecule has 0 aliphatic carbocycles. The van der Waals surface area contributed by atoms with Crippen molar-refractivity contribution in [3.05, 3.63) is 0 Å². The first-order valence-electron chi connectivity index (χ1n) is 1.85. The van der Waals surface area contributed by atoms with Crippen LogP contribution in [0.4, 0.5) is 0 Å². The summed E-state index contributed by atoms with van der Waals surface area (Å²) in [5.41, 5.74) is 0. The number of rotatable bonds is 0. The number of hydrogen-bond donors (Lipinski definition) is 0. The predicted molar refractivity (Wildman–Crippen MR) is 32.7 cm³/mol. The van der Waals surface area contributed by atoms with E-state index in [-0.39, 0.29) is 0 Å². The van der Waals surface area contributed by atoms with E-state index in [2.05, 4.69) is 0 Å². The van der Waals surface area contributed by atoms with Gasteiger partial charge in [-0.1, -0.05) is 13.8 Å². The Labute approximate surface area is 67.3 Å². The zero-order valence-corrected chi connectivity index (χ0v) is 8.80. The van der Waals surface area contributed by atoms with Gasteiger partial charge >= 0.3 is 42.4 Å². The van der Waals surface area contributed by atoms with E-state index in [1.165, 1.54) is 0 Å². The Hall–Kier alpha value is 1.52. The Morgan fingerprint density at radius 1 is 1.25 bits per heavy atom. The summed E-state index contributed by atoms with van der Waals surface area (Å²) in [7, 11) is 14.9. The Balaban J connectivity index is 0. The standard InChI is InChI=1S/C3H7O.3ClH.Mo/c1-3(2)4;;;;/h3H,1-2H3;3*1H;/q-1;;;;+4/p-3. The topological polar surface area (TPSA) is 23.1 Å². The van der Waals surface area contributed by atoms with Crippen LogP contribution in [0.25, 0.3) is 0 Å². The second-order valence-electron chi connectivity index (χ2n) is 1.22. The predicted octanol–water partition coefficient (Wildman–Crippen LogP) is 1.82. The van der Waals surface area contributed by atoms with Crippen LogP contribution in [0.1, 0.15) is 13.8 Å². The van der Waals surface area contributed by atoms with E-state index in [4.69, 9.17) is 28.3 Å². The van der Waals surface area contributed by atoms with Crippen LogP contribution >= 0.6 is 28.3 Å². The molecule has 0 unspecified atom stereocenters. The van der Waals surface area contributed by atoms with Crippen LogP contribution in [0.3, 0.4) is 0 Å². The molecule has 0 aliphatic heterocycles. The molecule has 0 spiro atoms. The van der Waals surface area contributed by atoms with E-state index in [1.54, 1.807) is 13.8 Å². The van der Waals surface area contributed by atoms with E-state index in [1.807, 2.05) is 0 Å². The van der Waals surface area contributed by atoms with Gasteiger partial charge in [0.2, 0.25) is 0 Å². The van der Waals surface area contributed by atoms with E-state index < -0.39 is 20.3 Å². The Morgan fingerprint density at radius 2 is 1.25 bits per heavy atom. The molecule has 0 radical (unpaired) electrons. The maximum absolute atomic E-state index is 9.53. The number of halogens is 3. The first kappa shape index (κ1) is 12.2. The molecule has 0 aromatic heterocycles. The van der Waals surface area contributed by atoms with Gasteiger partial charge in [0, 0.05) is 0 Å². The van der Waals surface area contributed by atoms with Crippen molar-refractivity contribution in [1.82, 2.24) is 0 Å². The van der Waals surface area contributed by atoms with Crippen molar-refractivity contribution in [3.8, 4) is 0 Å². The van der Waals surface area contributed by atoms with Gasteiger partial charge < -0.3 is 5.11 Å². The molecule has 0 saturated heterocycles. The van der Waals surface area contributed by atoms with Crippen LogP contribution in [0.15, 0.2) is 0 Å². The SMILES string of the molecule is CC(C)[O-].[Cl][Mo+]([Cl])[Cl]. The summed E-state index contributed by atoms with van der Waals surface area (Å²) in [6.07, 6.45) is -0.417. The Morgan fingerprint density at radius 3 is 1.25 bits per heavy atom. The summed E-state index contributed by atoms with van der Waals surface area (Å²) in [5.74, 6) is 0. The molecule has 0 aromatic rings. The van der Waals surface area contributed by atoms with E-state index in [0.717, 1.165) is 0 Å². The Bertz CT molecular complexity index is 30.0. The van der Waals surface area contributed by atoms with Crippen LogP contribution in [0, 0.1) is 0 Å². The van der Waals surface area contributed by atoms with Gasteiger partial charge in [-0.05, 0) is 0 Å². The molecule has 0 aromatic carbocycles. The zero-order valence-electron chi connectivity index (χ0n) is 4.53. The fourth-order valence-electron chi connectivity index (χ4n) is 0. The van der Waals surface area contributed by atoms with Gasteiger partial charge in [0.1, 0.15) is 0 Å². The van der Waals surface area contributed by atoms with Crippen LogP contribution in [0.5, 0.6) is 0 Å². The third-order valence-electron chi connectivity index (χ3n) is 0. The molecule has 0 bridgehead atoms. The van der Waals surface area contributed by atoms with Crippen molar-refractivity contribution in [2.24, 2.45) is 0 Å². The van der Waals surface area contributed by atoms with Gasteiger partial charge in [-0.3, -0.25) is 0 Å². The van der Waals surface area contributed by atoms with Crippen molar-refractivity contribution >= 4 is 28.3 Å². The second-order valence-corrected chi connectivity index (χ2v) is 10.4. The number of hydrogen-bond acceptors (Lipinski definition) is 1. The fourth-order valence-corrected chi connectivity index (χ4v) is 0. The average Bonchev–Trinajstić information content (AvgIpc) is 1.25. The quantitative estimate of drug-likeness (QED) is 0.610. The van der Waals surface area contributed by atoms with E-state index in [0.29, 0.717) is 0 Å². The van der Waals surface area contributed by atoms with E-state index >= 15 is 0 Å². The van der Waals surface area contributed by atoms with Gasteiger partial charge in [0.15, 0.2) is 0 Å². The molecular formula is C3H7Cl3MoO. The molecule has 0 atom stereocenters. The van der Waals surface area contributed by atoms with Crippen molar-refractivity contribution < 1.29 is 19.3 Å². The molecule has 0 rings (SSSR count). The average molecular weight is 261 g/mol. The van der Waals surface area contributed by atoms with Crippen molar-refractivity contribution in [1.29, 1.82) is 0 Å². The molecule has 0 amide bonds. The summed E-state index contributed by atoms with van der Waals surface area (Å²) in [4.78, 5) is 0. The van der Waals surface area contributed by atoms with Crippen LogP contribution < -0.4 is 5.11 Å². The summed E-state index contributed by atoms with van der Waals surface area (Å²) in [6.45, 7) is 3.22. The molecule has 0 heterocycles. The van der Waals surface area contributed by atoms with Crippen LogP contribution in [-0.2, 0) is 14.2 Å². The Kier molecular flexibility index (Phi) is 13.0. The minimum absolute atomic E-state index is 0.417. The molecule has 1 nitrogen and oxygen atoms in total.